The van der Waals surface area contributed by atoms with E-state index in [0.717, 1.165) is 31.0 Å². The average molecular weight is 314 g/mol. The third-order valence-electron chi connectivity index (χ3n) is 4.49. The Balaban J connectivity index is 1.99. The molecule has 0 unspecified atom stereocenters. The summed E-state index contributed by atoms with van der Waals surface area (Å²) in [6, 6.07) is 12.5. The van der Waals surface area contributed by atoms with E-state index in [1.165, 1.54) is 5.56 Å². The highest BCUT2D eigenvalue weighted by molar-refractivity contribution is 5.79. The Morgan fingerprint density at radius 3 is 2.43 bits per heavy atom. The van der Waals surface area contributed by atoms with Crippen molar-refractivity contribution in [2.45, 2.75) is 38.6 Å². The third-order valence-corrected chi connectivity index (χ3v) is 4.49. The molecule has 23 heavy (non-hydrogen) atoms. The molecule has 0 bridgehead atoms. The molecule has 0 spiro atoms. The molecule has 0 radical (unpaired) electrons. The highest BCUT2D eigenvalue weighted by Crippen LogP contribution is 2.30. The molecule has 0 atom stereocenters. The van der Waals surface area contributed by atoms with E-state index in [9.17, 15) is 0 Å². The maximum Gasteiger partial charge on any atom is 0.191 e. The fourth-order valence-electron chi connectivity index (χ4n) is 2.78. The van der Waals surface area contributed by atoms with Gasteiger partial charge in [-0.15, -0.1) is 0 Å². The lowest BCUT2D eigenvalue weighted by molar-refractivity contribution is 0.389. The van der Waals surface area contributed by atoms with Crippen molar-refractivity contribution in [3.8, 4) is 0 Å². The van der Waals surface area contributed by atoms with E-state index in [1.807, 2.05) is 6.07 Å². The van der Waals surface area contributed by atoms with Gasteiger partial charge in [0.25, 0.3) is 0 Å². The second-order valence-electron chi connectivity index (χ2n) is 5.62. The maximum absolute atomic E-state index is 4.84. The van der Waals surface area contributed by atoms with Crippen LogP contribution in [-0.4, -0.2) is 24.7 Å². The van der Waals surface area contributed by atoms with Gasteiger partial charge < -0.3 is 15.2 Å². The van der Waals surface area contributed by atoms with Crippen LogP contribution in [0.2, 0.25) is 0 Å². The highest BCUT2D eigenvalue weighted by Gasteiger charge is 2.28. The minimum absolute atomic E-state index is 0.104. The molecule has 2 aromatic rings. The van der Waals surface area contributed by atoms with Crippen LogP contribution in [-0.2, 0) is 12.0 Å². The second-order valence-corrected chi connectivity index (χ2v) is 5.62. The standard InChI is InChI=1S/C18H26N4O/c1-4-18(5-2,15-9-7-6-8-10-15)14-21-17(19-3)20-13-16-11-12-23-22-16/h6-12H,4-5,13-14H2,1-3H3,(H2,19,20,21). The van der Waals surface area contributed by atoms with E-state index in [2.05, 4.69) is 65.0 Å². The van der Waals surface area contributed by atoms with Gasteiger partial charge in [0.15, 0.2) is 5.96 Å². The Morgan fingerprint density at radius 1 is 1.13 bits per heavy atom. The molecule has 0 saturated heterocycles. The van der Waals surface area contributed by atoms with Gasteiger partial charge in [-0.2, -0.15) is 0 Å². The van der Waals surface area contributed by atoms with Crippen LogP contribution >= 0.6 is 0 Å². The van der Waals surface area contributed by atoms with Gasteiger partial charge in [-0.25, -0.2) is 0 Å². The lowest BCUT2D eigenvalue weighted by atomic mass is 9.76. The summed E-state index contributed by atoms with van der Waals surface area (Å²) in [4.78, 5) is 4.29. The lowest BCUT2D eigenvalue weighted by Crippen LogP contribution is -2.45. The number of hydrogen-bond acceptors (Lipinski definition) is 3. The summed E-state index contributed by atoms with van der Waals surface area (Å²) < 4.78 is 4.84. The molecule has 5 heteroatoms. The number of nitrogens with zero attached hydrogens (tertiary/aromatic N) is 2. The molecule has 0 aliphatic carbocycles. The van der Waals surface area contributed by atoms with E-state index < -0.39 is 0 Å². The molecule has 2 N–H and O–H groups in total. The van der Waals surface area contributed by atoms with Crippen molar-refractivity contribution in [1.82, 2.24) is 15.8 Å². The van der Waals surface area contributed by atoms with E-state index in [4.69, 9.17) is 4.52 Å². The Bertz CT molecular complexity index is 589. The van der Waals surface area contributed by atoms with Gasteiger partial charge in [-0.1, -0.05) is 49.3 Å². The first-order valence-electron chi connectivity index (χ1n) is 8.13. The van der Waals surface area contributed by atoms with Crippen molar-refractivity contribution in [2.75, 3.05) is 13.6 Å². The predicted molar refractivity (Wildman–Crippen MR) is 93.4 cm³/mol. The van der Waals surface area contributed by atoms with Crippen LogP contribution in [0.25, 0.3) is 0 Å². The average Bonchev–Trinajstić information content (AvgIpc) is 3.13. The van der Waals surface area contributed by atoms with Crippen molar-refractivity contribution < 1.29 is 4.52 Å². The smallest absolute Gasteiger partial charge is 0.191 e. The molecular formula is C18H26N4O. The quantitative estimate of drug-likeness (QED) is 0.609. The summed E-state index contributed by atoms with van der Waals surface area (Å²) in [7, 11) is 1.78. The minimum Gasteiger partial charge on any atom is -0.364 e. The summed E-state index contributed by atoms with van der Waals surface area (Å²) in [5.41, 5.74) is 2.32. The predicted octanol–water partition coefficient (Wildman–Crippen LogP) is 3.10. The Kier molecular flexibility index (Phi) is 6.20. The summed E-state index contributed by atoms with van der Waals surface area (Å²) in [5.74, 6) is 0.773. The van der Waals surface area contributed by atoms with Crippen LogP contribution in [0.3, 0.4) is 0 Å². The van der Waals surface area contributed by atoms with Gasteiger partial charge in [0.1, 0.15) is 12.0 Å². The minimum atomic E-state index is 0.104. The van der Waals surface area contributed by atoms with Gasteiger partial charge in [-0.3, -0.25) is 4.99 Å². The molecule has 124 valence electrons. The second kappa shape index (κ2) is 8.36. The molecule has 5 nitrogen and oxygen atoms in total. The molecule has 1 heterocycles. The number of rotatable bonds is 7. The van der Waals surface area contributed by atoms with Crippen molar-refractivity contribution in [3.05, 3.63) is 53.9 Å². The zero-order chi connectivity index (χ0) is 16.5. The monoisotopic (exact) mass is 314 g/mol. The molecule has 2 rings (SSSR count). The normalized spacial score (nSPS) is 12.2. The highest BCUT2D eigenvalue weighted by atomic mass is 16.5. The molecule has 0 amide bonds. The largest absolute Gasteiger partial charge is 0.364 e. The molecule has 0 aliphatic rings. The van der Waals surface area contributed by atoms with Gasteiger partial charge in [0, 0.05) is 25.1 Å². The first kappa shape index (κ1) is 17.1. The molecule has 0 aliphatic heterocycles. The summed E-state index contributed by atoms with van der Waals surface area (Å²) in [6.45, 7) is 5.91. The fraction of sp³-hybridized carbons (Fsp3) is 0.444. The zero-order valence-electron chi connectivity index (χ0n) is 14.2. The molecule has 1 aromatic heterocycles. The van der Waals surface area contributed by atoms with Crippen molar-refractivity contribution in [2.24, 2.45) is 4.99 Å². The van der Waals surface area contributed by atoms with E-state index in [-0.39, 0.29) is 5.41 Å². The van der Waals surface area contributed by atoms with Crippen LogP contribution in [0.15, 0.2) is 52.2 Å². The molecule has 0 fully saturated rings. The van der Waals surface area contributed by atoms with E-state index >= 15 is 0 Å². The summed E-state index contributed by atoms with van der Waals surface area (Å²) in [5, 5.41) is 10.6. The number of benzene rings is 1. The fourth-order valence-corrected chi connectivity index (χ4v) is 2.78. The maximum atomic E-state index is 4.84. The Morgan fingerprint density at radius 2 is 1.87 bits per heavy atom. The number of aromatic nitrogens is 1. The first-order valence-corrected chi connectivity index (χ1v) is 8.13. The summed E-state index contributed by atoms with van der Waals surface area (Å²) in [6.07, 6.45) is 3.71. The van der Waals surface area contributed by atoms with Crippen LogP contribution in [0, 0.1) is 0 Å². The lowest BCUT2D eigenvalue weighted by Gasteiger charge is -2.33. The topological polar surface area (TPSA) is 62.5 Å². The third kappa shape index (κ3) is 4.34. The molecular weight excluding hydrogens is 288 g/mol. The molecule has 0 saturated carbocycles. The van der Waals surface area contributed by atoms with Crippen molar-refractivity contribution in [3.63, 3.8) is 0 Å². The SMILES string of the molecule is CCC(CC)(CNC(=NC)NCc1ccon1)c1ccccc1. The van der Waals surface area contributed by atoms with Crippen molar-refractivity contribution >= 4 is 5.96 Å². The zero-order valence-corrected chi connectivity index (χ0v) is 14.2. The van der Waals surface area contributed by atoms with E-state index in [1.54, 1.807) is 13.3 Å². The number of hydrogen-bond donors (Lipinski definition) is 2. The number of aliphatic imine (C=N–C) groups is 1. The Hall–Kier alpha value is -2.30. The van der Waals surface area contributed by atoms with Crippen LogP contribution in [0.1, 0.15) is 37.9 Å². The number of nitrogens with one attached hydrogen (secondary N) is 2. The van der Waals surface area contributed by atoms with Crippen LogP contribution < -0.4 is 10.6 Å². The van der Waals surface area contributed by atoms with E-state index in [0.29, 0.717) is 6.54 Å². The van der Waals surface area contributed by atoms with Crippen LogP contribution in [0.4, 0.5) is 0 Å². The van der Waals surface area contributed by atoms with Crippen molar-refractivity contribution in [1.29, 1.82) is 0 Å². The Labute approximate surface area is 138 Å². The molecule has 1 aromatic carbocycles. The first-order chi connectivity index (χ1) is 11.2. The van der Waals surface area contributed by atoms with Crippen LogP contribution in [0.5, 0.6) is 0 Å². The number of guanidine groups is 1. The van der Waals surface area contributed by atoms with Gasteiger partial charge in [0.2, 0.25) is 0 Å². The van der Waals surface area contributed by atoms with Gasteiger partial charge >= 0.3 is 0 Å². The van der Waals surface area contributed by atoms with Gasteiger partial charge in [-0.05, 0) is 18.4 Å². The summed E-state index contributed by atoms with van der Waals surface area (Å²) >= 11 is 0. The van der Waals surface area contributed by atoms with Gasteiger partial charge in [0.05, 0.1) is 6.54 Å².